The van der Waals surface area contributed by atoms with E-state index in [9.17, 15) is 18.3 Å². The summed E-state index contributed by atoms with van der Waals surface area (Å²) in [5.74, 6) is 0.271. The lowest BCUT2D eigenvalue weighted by Gasteiger charge is -2.51. The van der Waals surface area contributed by atoms with Crippen molar-refractivity contribution >= 4 is 22.4 Å². The first-order valence-corrected chi connectivity index (χ1v) is 11.8. The molecule has 0 bridgehead atoms. The highest BCUT2D eigenvalue weighted by molar-refractivity contribution is 7.89. The Labute approximate surface area is 174 Å². The SMILES string of the molecule is CC(C)C(=O)N1CCC[C@@]2(CN(CCCS(=O)(=O)N(C)C)CC[C@H]2O)C1.O=CO. The summed E-state index contributed by atoms with van der Waals surface area (Å²) in [6.07, 6.45) is 2.71. The quantitative estimate of drug-likeness (QED) is 0.576. The summed E-state index contributed by atoms with van der Waals surface area (Å²) in [7, 11) is -0.0494. The van der Waals surface area contributed by atoms with Crippen molar-refractivity contribution in [3.8, 4) is 0 Å². The van der Waals surface area contributed by atoms with E-state index in [2.05, 4.69) is 4.90 Å². The second kappa shape index (κ2) is 11.2. The van der Waals surface area contributed by atoms with E-state index in [0.717, 1.165) is 32.5 Å². The molecule has 2 N–H and O–H groups in total. The Bertz CT molecular complexity index is 640. The summed E-state index contributed by atoms with van der Waals surface area (Å²) >= 11 is 0. The average molecular weight is 436 g/mol. The van der Waals surface area contributed by atoms with E-state index in [1.54, 1.807) is 14.1 Å². The number of nitrogens with zero attached hydrogens (tertiary/aromatic N) is 3. The standard InChI is InChI=1S/C18H35N3O4S.CH2O2/c1-15(2)17(23)21-10-5-8-18(14-21)13-20(11-7-16(18)22)9-6-12-26(24,25)19(3)4;2-1-3/h15-16,22H,5-14H2,1-4H3;1H,(H,2,3)/t16-,18-;/m1./s1. The van der Waals surface area contributed by atoms with E-state index in [0.29, 0.717) is 25.9 Å². The molecule has 2 aliphatic rings. The monoisotopic (exact) mass is 435 g/mol. The van der Waals surface area contributed by atoms with Crippen LogP contribution in [-0.2, 0) is 19.6 Å². The molecule has 0 aromatic carbocycles. The molecule has 2 heterocycles. The van der Waals surface area contributed by atoms with Crippen LogP contribution >= 0.6 is 0 Å². The minimum absolute atomic E-state index is 0.0294. The summed E-state index contributed by atoms with van der Waals surface area (Å²) in [6, 6.07) is 0. The van der Waals surface area contributed by atoms with Gasteiger partial charge >= 0.3 is 0 Å². The van der Waals surface area contributed by atoms with Gasteiger partial charge < -0.3 is 20.0 Å². The van der Waals surface area contributed by atoms with Crippen molar-refractivity contribution < 1.29 is 28.2 Å². The van der Waals surface area contributed by atoms with Gasteiger partial charge in [-0.05, 0) is 32.2 Å². The Morgan fingerprint density at radius 3 is 2.45 bits per heavy atom. The fourth-order valence-electron chi connectivity index (χ4n) is 4.20. The number of piperidine rings is 2. The molecule has 2 atom stereocenters. The van der Waals surface area contributed by atoms with Crippen molar-refractivity contribution in [2.45, 2.75) is 45.6 Å². The van der Waals surface area contributed by atoms with Crippen LogP contribution in [0.25, 0.3) is 0 Å². The Kier molecular flexibility index (Phi) is 10.0. The molecule has 0 saturated carbocycles. The molecule has 0 aliphatic carbocycles. The van der Waals surface area contributed by atoms with Crippen LogP contribution < -0.4 is 0 Å². The second-order valence-electron chi connectivity index (χ2n) is 8.52. The van der Waals surface area contributed by atoms with Gasteiger partial charge in [-0.1, -0.05) is 13.8 Å². The van der Waals surface area contributed by atoms with Gasteiger partial charge in [0.1, 0.15) is 0 Å². The molecule has 2 rings (SSSR count). The molecule has 2 fully saturated rings. The largest absolute Gasteiger partial charge is 0.483 e. The van der Waals surface area contributed by atoms with Crippen LogP contribution in [0.2, 0.25) is 0 Å². The maximum absolute atomic E-state index is 12.4. The van der Waals surface area contributed by atoms with Crippen molar-refractivity contribution in [3.05, 3.63) is 0 Å². The third-order valence-corrected chi connectivity index (χ3v) is 7.73. The smallest absolute Gasteiger partial charge is 0.290 e. The number of aliphatic hydroxyl groups is 1. The van der Waals surface area contributed by atoms with Crippen molar-refractivity contribution in [2.24, 2.45) is 11.3 Å². The molecule has 1 spiro atoms. The van der Waals surface area contributed by atoms with Crippen molar-refractivity contribution in [3.63, 3.8) is 0 Å². The molecular formula is C19H37N3O6S. The molecule has 0 radical (unpaired) electrons. The number of rotatable bonds is 6. The average Bonchev–Trinajstić information content (AvgIpc) is 2.64. The Morgan fingerprint density at radius 2 is 1.90 bits per heavy atom. The van der Waals surface area contributed by atoms with Gasteiger partial charge in [-0.15, -0.1) is 0 Å². The lowest BCUT2D eigenvalue weighted by molar-refractivity contribution is -0.144. The molecule has 29 heavy (non-hydrogen) atoms. The molecule has 10 heteroatoms. The number of sulfonamides is 1. The summed E-state index contributed by atoms with van der Waals surface area (Å²) in [5.41, 5.74) is -0.276. The lowest BCUT2D eigenvalue weighted by Crippen LogP contribution is -2.60. The van der Waals surface area contributed by atoms with E-state index in [1.165, 1.54) is 4.31 Å². The van der Waals surface area contributed by atoms with Crippen molar-refractivity contribution in [1.29, 1.82) is 0 Å². The highest BCUT2D eigenvalue weighted by Gasteiger charge is 2.46. The van der Waals surface area contributed by atoms with E-state index in [1.807, 2.05) is 18.7 Å². The first kappa shape index (κ1) is 25.8. The summed E-state index contributed by atoms with van der Waals surface area (Å²) in [4.78, 5) is 25.0. The Hall–Kier alpha value is -1.23. The first-order valence-electron chi connectivity index (χ1n) is 10.2. The number of carbonyl (C=O) groups is 2. The molecule has 2 aliphatic heterocycles. The van der Waals surface area contributed by atoms with Gasteiger partial charge in [-0.3, -0.25) is 9.59 Å². The zero-order valence-electron chi connectivity index (χ0n) is 18.1. The summed E-state index contributed by atoms with van der Waals surface area (Å²) in [5, 5.41) is 17.6. The first-order chi connectivity index (χ1) is 13.5. The highest BCUT2D eigenvalue weighted by atomic mass is 32.2. The maximum atomic E-state index is 12.4. The van der Waals surface area contributed by atoms with Crippen LogP contribution in [0.4, 0.5) is 0 Å². The van der Waals surface area contributed by atoms with Crippen molar-refractivity contribution in [2.75, 3.05) is 52.6 Å². The van der Waals surface area contributed by atoms with Crippen LogP contribution in [-0.4, -0.2) is 104 Å². The van der Waals surface area contributed by atoms with E-state index >= 15 is 0 Å². The number of likely N-dealkylation sites (tertiary alicyclic amines) is 2. The molecule has 0 aromatic heterocycles. The normalized spacial score (nSPS) is 25.8. The molecule has 0 unspecified atom stereocenters. The molecule has 0 aromatic rings. The van der Waals surface area contributed by atoms with Gasteiger partial charge in [-0.2, -0.15) is 0 Å². The van der Waals surface area contributed by atoms with Crippen LogP contribution in [0.3, 0.4) is 0 Å². The van der Waals surface area contributed by atoms with Gasteiger partial charge in [-0.25, -0.2) is 12.7 Å². The number of amides is 1. The molecule has 170 valence electrons. The third-order valence-electron chi connectivity index (χ3n) is 5.81. The highest BCUT2D eigenvalue weighted by Crippen LogP contribution is 2.39. The number of carboxylic acid groups (broad SMARTS) is 1. The predicted molar refractivity (Wildman–Crippen MR) is 111 cm³/mol. The number of carbonyl (C=O) groups excluding carboxylic acids is 1. The molecular weight excluding hydrogens is 398 g/mol. The van der Waals surface area contributed by atoms with E-state index in [-0.39, 0.29) is 29.5 Å². The molecule has 9 nitrogen and oxygen atoms in total. The Balaban J connectivity index is 0.00000132. The Morgan fingerprint density at radius 1 is 1.28 bits per heavy atom. The van der Waals surface area contributed by atoms with Crippen LogP contribution in [0.15, 0.2) is 0 Å². The minimum Gasteiger partial charge on any atom is -0.483 e. The van der Waals surface area contributed by atoms with Gasteiger partial charge in [0.15, 0.2) is 0 Å². The van der Waals surface area contributed by atoms with Crippen molar-refractivity contribution in [1.82, 2.24) is 14.1 Å². The lowest BCUT2D eigenvalue weighted by atomic mass is 9.71. The predicted octanol–water partition coefficient (Wildman–Crippen LogP) is 0.300. The van der Waals surface area contributed by atoms with E-state index < -0.39 is 16.1 Å². The maximum Gasteiger partial charge on any atom is 0.290 e. The zero-order chi connectivity index (χ0) is 22.2. The minimum atomic E-state index is -3.17. The fraction of sp³-hybridized carbons (Fsp3) is 0.895. The summed E-state index contributed by atoms with van der Waals surface area (Å²) in [6.45, 7) is 7.18. The molecule has 2 saturated heterocycles. The summed E-state index contributed by atoms with van der Waals surface area (Å²) < 4.78 is 25.1. The van der Waals surface area contributed by atoms with Gasteiger partial charge in [0.25, 0.3) is 6.47 Å². The van der Waals surface area contributed by atoms with Gasteiger partial charge in [0, 0.05) is 51.6 Å². The number of hydrogen-bond donors (Lipinski definition) is 2. The van der Waals surface area contributed by atoms with Crippen LogP contribution in [0.1, 0.15) is 39.5 Å². The zero-order valence-corrected chi connectivity index (χ0v) is 18.9. The fourth-order valence-corrected chi connectivity index (χ4v) is 5.06. The third kappa shape index (κ3) is 7.20. The van der Waals surface area contributed by atoms with E-state index in [4.69, 9.17) is 9.90 Å². The van der Waals surface area contributed by atoms with Gasteiger partial charge in [0.05, 0.1) is 11.9 Å². The van der Waals surface area contributed by atoms with Crippen LogP contribution in [0.5, 0.6) is 0 Å². The van der Waals surface area contributed by atoms with Gasteiger partial charge in [0.2, 0.25) is 15.9 Å². The number of aliphatic hydroxyl groups excluding tert-OH is 1. The number of hydrogen-bond acceptors (Lipinski definition) is 6. The van der Waals surface area contributed by atoms with Crippen LogP contribution in [0, 0.1) is 11.3 Å². The topological polar surface area (TPSA) is 118 Å². The molecule has 1 amide bonds. The second-order valence-corrected chi connectivity index (χ2v) is 10.8.